The zero-order valence-electron chi connectivity index (χ0n) is 11.5. The molecule has 0 saturated carbocycles. The number of aromatic nitrogens is 1. The Labute approximate surface area is 112 Å². The van der Waals surface area contributed by atoms with Crippen LogP contribution in [0.15, 0.2) is 12.3 Å². The van der Waals surface area contributed by atoms with Gasteiger partial charge in [0.2, 0.25) is 0 Å². The van der Waals surface area contributed by atoms with E-state index in [2.05, 4.69) is 4.98 Å². The summed E-state index contributed by atoms with van der Waals surface area (Å²) >= 11 is 0. The van der Waals surface area contributed by atoms with Gasteiger partial charge >= 0.3 is 6.09 Å². The number of nitrogens with zero attached hydrogens (tertiary/aromatic N) is 2. The number of hydrogen-bond acceptors (Lipinski definition) is 4. The van der Waals surface area contributed by atoms with Crippen molar-refractivity contribution in [2.75, 3.05) is 6.54 Å². The zero-order valence-corrected chi connectivity index (χ0v) is 11.5. The Balaban J connectivity index is 2.12. The summed E-state index contributed by atoms with van der Waals surface area (Å²) in [5.74, 6) is 0. The second kappa shape index (κ2) is 4.99. The molecule has 5 nitrogen and oxygen atoms in total. The van der Waals surface area contributed by atoms with E-state index in [0.717, 1.165) is 17.5 Å². The summed E-state index contributed by atoms with van der Waals surface area (Å²) in [5.41, 5.74) is 1.95. The molecule has 5 heteroatoms. The van der Waals surface area contributed by atoms with Gasteiger partial charge in [-0.2, -0.15) is 0 Å². The third-order valence-electron chi connectivity index (χ3n) is 2.89. The lowest BCUT2D eigenvalue weighted by atomic mass is 10.0. The smallest absolute Gasteiger partial charge is 0.410 e. The maximum absolute atomic E-state index is 12.0. The number of rotatable bonds is 1. The van der Waals surface area contributed by atoms with Crippen LogP contribution in [0.2, 0.25) is 0 Å². The van der Waals surface area contributed by atoms with Gasteiger partial charge in [0.15, 0.2) is 6.29 Å². The predicted octanol–water partition coefficient (Wildman–Crippen LogP) is 2.19. The molecule has 2 heterocycles. The third kappa shape index (κ3) is 3.30. The van der Waals surface area contributed by atoms with Crippen molar-refractivity contribution >= 4 is 12.4 Å². The van der Waals surface area contributed by atoms with E-state index in [1.54, 1.807) is 17.2 Å². The van der Waals surface area contributed by atoms with Crippen LogP contribution >= 0.6 is 0 Å². The first kappa shape index (κ1) is 13.5. The Morgan fingerprint density at radius 1 is 1.42 bits per heavy atom. The van der Waals surface area contributed by atoms with Crippen molar-refractivity contribution in [1.29, 1.82) is 0 Å². The van der Waals surface area contributed by atoms with Gasteiger partial charge in [0, 0.05) is 19.3 Å². The highest BCUT2D eigenvalue weighted by Gasteiger charge is 2.25. The van der Waals surface area contributed by atoms with Crippen LogP contribution in [0.4, 0.5) is 4.79 Å². The minimum atomic E-state index is -0.496. The average molecular weight is 262 g/mol. The van der Waals surface area contributed by atoms with Crippen LogP contribution in [0.1, 0.15) is 42.4 Å². The molecule has 1 aliphatic heterocycles. The topological polar surface area (TPSA) is 59.5 Å². The van der Waals surface area contributed by atoms with E-state index in [1.165, 1.54) is 0 Å². The number of amides is 1. The molecule has 1 aromatic heterocycles. The van der Waals surface area contributed by atoms with E-state index in [9.17, 15) is 9.59 Å². The van der Waals surface area contributed by atoms with Crippen molar-refractivity contribution in [3.05, 3.63) is 29.1 Å². The van der Waals surface area contributed by atoms with Crippen LogP contribution in [-0.4, -0.2) is 34.4 Å². The maximum atomic E-state index is 12.0. The van der Waals surface area contributed by atoms with Gasteiger partial charge in [-0.25, -0.2) is 4.79 Å². The Morgan fingerprint density at radius 2 is 2.16 bits per heavy atom. The number of carbonyl (C=O) groups is 2. The second-order valence-electron chi connectivity index (χ2n) is 5.65. The van der Waals surface area contributed by atoms with Crippen molar-refractivity contribution in [3.63, 3.8) is 0 Å². The molecule has 0 atom stereocenters. The number of pyridine rings is 1. The number of carbonyl (C=O) groups excluding carboxylic acids is 2. The standard InChI is InChI=1S/C14H18N2O3/c1-14(2,3)19-13(18)16-5-4-10-7-15-12(9-17)6-11(10)8-16/h6-7,9H,4-5,8H2,1-3H3. The number of ether oxygens (including phenoxy) is 1. The molecule has 2 rings (SSSR count). The minimum absolute atomic E-state index is 0.317. The van der Waals surface area contributed by atoms with Gasteiger partial charge in [0.25, 0.3) is 0 Å². The molecule has 0 unspecified atom stereocenters. The highest BCUT2D eigenvalue weighted by atomic mass is 16.6. The first-order chi connectivity index (χ1) is 8.89. The number of hydrogen-bond donors (Lipinski definition) is 0. The maximum Gasteiger partial charge on any atom is 0.410 e. The summed E-state index contributed by atoms with van der Waals surface area (Å²) in [6, 6.07) is 1.73. The summed E-state index contributed by atoms with van der Waals surface area (Å²) in [5, 5.41) is 0. The minimum Gasteiger partial charge on any atom is -0.444 e. The average Bonchev–Trinajstić information content (AvgIpc) is 2.35. The lowest BCUT2D eigenvalue weighted by molar-refractivity contribution is 0.0224. The second-order valence-corrected chi connectivity index (χ2v) is 5.65. The predicted molar refractivity (Wildman–Crippen MR) is 70.0 cm³/mol. The fourth-order valence-electron chi connectivity index (χ4n) is 2.00. The molecule has 19 heavy (non-hydrogen) atoms. The van der Waals surface area contributed by atoms with E-state index >= 15 is 0 Å². The molecule has 0 N–H and O–H groups in total. The number of fused-ring (bicyclic) bond motifs is 1. The molecule has 0 aliphatic carbocycles. The molecular weight excluding hydrogens is 244 g/mol. The Hall–Kier alpha value is -1.91. The van der Waals surface area contributed by atoms with Gasteiger partial charge in [0.1, 0.15) is 11.3 Å². The Kier molecular flexibility index (Phi) is 3.55. The summed E-state index contributed by atoms with van der Waals surface area (Å²) in [6.45, 7) is 6.61. The highest BCUT2D eigenvalue weighted by Crippen LogP contribution is 2.20. The van der Waals surface area contributed by atoms with E-state index < -0.39 is 5.60 Å². The van der Waals surface area contributed by atoms with E-state index in [0.29, 0.717) is 25.1 Å². The lowest BCUT2D eigenvalue weighted by Gasteiger charge is -2.31. The largest absolute Gasteiger partial charge is 0.444 e. The van der Waals surface area contributed by atoms with Crippen molar-refractivity contribution in [2.45, 2.75) is 39.3 Å². The summed E-state index contributed by atoms with van der Waals surface area (Å²) < 4.78 is 5.35. The molecule has 1 aliphatic rings. The van der Waals surface area contributed by atoms with E-state index in [1.807, 2.05) is 20.8 Å². The van der Waals surface area contributed by atoms with Crippen molar-refractivity contribution < 1.29 is 14.3 Å². The summed E-state index contributed by atoms with van der Waals surface area (Å²) in [7, 11) is 0. The quantitative estimate of drug-likeness (QED) is 0.728. The van der Waals surface area contributed by atoms with Crippen LogP contribution in [0, 0.1) is 0 Å². The molecule has 1 amide bonds. The molecule has 0 saturated heterocycles. The van der Waals surface area contributed by atoms with Crippen LogP contribution in [-0.2, 0) is 17.7 Å². The van der Waals surface area contributed by atoms with Crippen LogP contribution < -0.4 is 0 Å². The Bertz CT molecular complexity index is 506. The van der Waals surface area contributed by atoms with Crippen molar-refractivity contribution in [3.8, 4) is 0 Å². The molecule has 0 aromatic carbocycles. The highest BCUT2D eigenvalue weighted by molar-refractivity contribution is 5.72. The van der Waals surface area contributed by atoms with Crippen LogP contribution in [0.5, 0.6) is 0 Å². The molecule has 0 spiro atoms. The fraction of sp³-hybridized carbons (Fsp3) is 0.500. The van der Waals surface area contributed by atoms with Crippen molar-refractivity contribution in [1.82, 2.24) is 9.88 Å². The molecule has 0 fully saturated rings. The summed E-state index contributed by atoms with van der Waals surface area (Å²) in [6.07, 6.45) is 2.85. The number of aldehydes is 1. The van der Waals surface area contributed by atoms with Gasteiger partial charge in [-0.1, -0.05) is 0 Å². The monoisotopic (exact) mass is 262 g/mol. The zero-order chi connectivity index (χ0) is 14.0. The molecule has 0 bridgehead atoms. The molecule has 0 radical (unpaired) electrons. The normalized spacial score (nSPS) is 14.8. The molecular formula is C14H18N2O3. The van der Waals surface area contributed by atoms with Gasteiger partial charge in [0.05, 0.1) is 0 Å². The first-order valence-corrected chi connectivity index (χ1v) is 6.30. The SMILES string of the molecule is CC(C)(C)OC(=O)N1CCc2cnc(C=O)cc2C1. The first-order valence-electron chi connectivity index (χ1n) is 6.30. The molecule has 1 aromatic rings. The van der Waals surface area contributed by atoms with E-state index in [4.69, 9.17) is 4.74 Å². The Morgan fingerprint density at radius 3 is 2.79 bits per heavy atom. The van der Waals surface area contributed by atoms with Gasteiger partial charge in [-0.15, -0.1) is 0 Å². The summed E-state index contributed by atoms with van der Waals surface area (Å²) in [4.78, 5) is 28.4. The molecule has 102 valence electrons. The van der Waals surface area contributed by atoms with Gasteiger partial charge in [-0.05, 0) is 44.4 Å². The van der Waals surface area contributed by atoms with Crippen LogP contribution in [0.3, 0.4) is 0 Å². The third-order valence-corrected chi connectivity index (χ3v) is 2.89. The van der Waals surface area contributed by atoms with E-state index in [-0.39, 0.29) is 6.09 Å². The van der Waals surface area contributed by atoms with Gasteiger partial charge < -0.3 is 9.64 Å². The lowest BCUT2D eigenvalue weighted by Crippen LogP contribution is -2.40. The van der Waals surface area contributed by atoms with Crippen molar-refractivity contribution in [2.24, 2.45) is 0 Å². The fourth-order valence-corrected chi connectivity index (χ4v) is 2.00. The van der Waals surface area contributed by atoms with Crippen LogP contribution in [0.25, 0.3) is 0 Å². The van der Waals surface area contributed by atoms with Gasteiger partial charge in [-0.3, -0.25) is 9.78 Å².